The Labute approximate surface area is 472 Å². The zero-order chi connectivity index (χ0) is 57.6. The predicted molar refractivity (Wildman–Crippen MR) is 320 cm³/mol. The molecule has 0 N–H and O–H groups in total. The van der Waals surface area contributed by atoms with Gasteiger partial charge in [-0.2, -0.15) is 13.2 Å². The lowest BCUT2D eigenvalue weighted by Crippen LogP contribution is -2.45. The number of halogens is 4. The highest BCUT2D eigenvalue weighted by atomic mass is 35.5. The van der Waals surface area contributed by atoms with Crippen molar-refractivity contribution in [2.75, 3.05) is 154 Å². The van der Waals surface area contributed by atoms with E-state index in [0.29, 0.717) is 16.7 Å². The second kappa shape index (κ2) is 42.3. The first-order valence-electron chi connectivity index (χ1n) is 28.2. The minimum atomic E-state index is -4.28. The van der Waals surface area contributed by atoms with Crippen LogP contribution in [0.1, 0.15) is 93.7 Å². The number of piperidine rings is 3. The average molecular weight is 1100 g/mol. The summed E-state index contributed by atoms with van der Waals surface area (Å²) in [6.07, 6.45) is 13.1. The molecule has 7 heterocycles. The van der Waals surface area contributed by atoms with Crippen molar-refractivity contribution in [2.45, 2.75) is 106 Å². The average Bonchev–Trinajstić information content (AvgIpc) is 3.82. The van der Waals surface area contributed by atoms with E-state index in [1.807, 2.05) is 68.1 Å². The first kappa shape index (κ1) is 71.4. The van der Waals surface area contributed by atoms with Crippen molar-refractivity contribution in [3.8, 4) is 5.75 Å². The van der Waals surface area contributed by atoms with Crippen LogP contribution in [0.15, 0.2) is 79.5 Å². The standard InChI is InChI=1S/C8H6ClF3.C8H18N2.C8H10O.C7H15NO.C7H15N.C6H14N2.C6H7N.C6H13N.C5H8N2/c1-5-4-6(8(10,11)12)2-3-7(5)9;1-3-9-5-7-10(4-2)8-6-9;1-7-3-5-8(9-2)6-4-7;1-8-5-3-7(9-2)4-6-8;2*1-7-3-5-8(2)6-4-7;1-6-2-4-7-5-3-6;1-7-5-3-2-4-6-7;1-5-3-7(2)4-6-5/h2-4H,1H3;3-8H2,1-2H3;3-6H,1-2H3;7H,3-6H2,1-2H3;7H,3-6H2,1-2H3;3-6H2,1-2H3;2-5H,1H3;2-6H2,1H3;3-4H,1-2H3. The van der Waals surface area contributed by atoms with Gasteiger partial charge in [0.1, 0.15) is 5.75 Å². The van der Waals surface area contributed by atoms with Gasteiger partial charge < -0.3 is 48.3 Å². The van der Waals surface area contributed by atoms with Crippen LogP contribution in [-0.4, -0.2) is 209 Å². The van der Waals surface area contributed by atoms with E-state index in [9.17, 15) is 13.2 Å². The second-order valence-corrected chi connectivity index (χ2v) is 21.7. The highest BCUT2D eigenvalue weighted by Gasteiger charge is 2.30. The molecule has 0 amide bonds. The van der Waals surface area contributed by atoms with Crippen LogP contribution in [0.3, 0.4) is 0 Å². The maximum atomic E-state index is 12.1. The number of rotatable bonds is 4. The van der Waals surface area contributed by atoms with E-state index in [-0.39, 0.29) is 0 Å². The molecule has 0 spiro atoms. The lowest BCUT2D eigenvalue weighted by atomic mass is 10.00. The molecule has 16 heteroatoms. The van der Waals surface area contributed by atoms with Crippen LogP contribution in [0.2, 0.25) is 5.02 Å². The number of hydrogen-bond donors (Lipinski definition) is 0. The van der Waals surface area contributed by atoms with Crippen LogP contribution in [0.4, 0.5) is 13.2 Å². The van der Waals surface area contributed by atoms with Gasteiger partial charge in [0, 0.05) is 103 Å². The Morgan fingerprint density at radius 3 is 1.32 bits per heavy atom. The molecule has 0 unspecified atom stereocenters. The molecule has 0 atom stereocenters. The number of benzene rings is 2. The van der Waals surface area contributed by atoms with E-state index in [4.69, 9.17) is 21.1 Å². The van der Waals surface area contributed by atoms with Crippen molar-refractivity contribution in [3.63, 3.8) is 0 Å². The van der Waals surface area contributed by atoms with Crippen molar-refractivity contribution in [1.29, 1.82) is 0 Å². The largest absolute Gasteiger partial charge is 0.497 e. The molecule has 12 nitrogen and oxygen atoms in total. The second-order valence-electron chi connectivity index (χ2n) is 21.2. The van der Waals surface area contributed by atoms with Crippen LogP contribution in [0.25, 0.3) is 0 Å². The number of nitrogens with zero attached hydrogens (tertiary/aromatic N) is 10. The van der Waals surface area contributed by atoms with Gasteiger partial charge in [-0.25, -0.2) is 4.98 Å². The van der Waals surface area contributed by atoms with Crippen molar-refractivity contribution < 1.29 is 22.6 Å². The number of imidazole rings is 1. The van der Waals surface area contributed by atoms with Gasteiger partial charge in [-0.05, 0) is 200 Å². The molecule has 5 aliphatic heterocycles. The number of alkyl halides is 3. The fourth-order valence-corrected chi connectivity index (χ4v) is 8.32. The fraction of sp³-hybridized carbons (Fsp3) is 0.672. The molecule has 0 saturated carbocycles. The molecule has 9 rings (SSSR count). The van der Waals surface area contributed by atoms with Crippen molar-refractivity contribution in [3.05, 3.63) is 112 Å². The van der Waals surface area contributed by atoms with Crippen LogP contribution in [-0.2, 0) is 18.0 Å². The maximum Gasteiger partial charge on any atom is 0.416 e. The van der Waals surface area contributed by atoms with E-state index in [0.717, 1.165) is 29.5 Å². The Bertz CT molecular complexity index is 1910. The number of methoxy groups -OCH3 is 2. The molecule has 2 aromatic carbocycles. The lowest BCUT2D eigenvalue weighted by Gasteiger charge is -2.33. The summed E-state index contributed by atoms with van der Waals surface area (Å²) < 4.78 is 48.3. The fourth-order valence-electron chi connectivity index (χ4n) is 8.20. The Morgan fingerprint density at radius 2 is 1.01 bits per heavy atom. The first-order valence-corrected chi connectivity index (χ1v) is 28.6. The summed E-state index contributed by atoms with van der Waals surface area (Å²) in [5.41, 5.74) is 3.36. The molecule has 0 aliphatic carbocycles. The molecular formula is C61H106ClF3N10O2. The van der Waals surface area contributed by atoms with Crippen LogP contribution in [0.5, 0.6) is 5.75 Å². The minimum absolute atomic E-state index is 0.350. The van der Waals surface area contributed by atoms with E-state index < -0.39 is 11.7 Å². The molecule has 440 valence electrons. The highest BCUT2D eigenvalue weighted by molar-refractivity contribution is 6.31. The third-order valence-corrected chi connectivity index (χ3v) is 14.5. The summed E-state index contributed by atoms with van der Waals surface area (Å²) in [5, 5.41) is 0.350. The molecule has 77 heavy (non-hydrogen) atoms. The smallest absolute Gasteiger partial charge is 0.416 e. The van der Waals surface area contributed by atoms with Gasteiger partial charge >= 0.3 is 6.18 Å². The Kier molecular flexibility index (Phi) is 39.2. The summed E-state index contributed by atoms with van der Waals surface area (Å²) in [7, 11) is 16.3. The Morgan fingerprint density at radius 1 is 0.571 bits per heavy atom. The van der Waals surface area contributed by atoms with Gasteiger partial charge in [0.2, 0.25) is 0 Å². The first-order chi connectivity index (χ1) is 36.6. The summed E-state index contributed by atoms with van der Waals surface area (Å²) in [5.74, 6) is 1.90. The van der Waals surface area contributed by atoms with Crippen LogP contribution >= 0.6 is 11.6 Å². The number of aryl methyl sites for hydroxylation is 5. The zero-order valence-electron chi connectivity index (χ0n) is 50.7. The van der Waals surface area contributed by atoms with Gasteiger partial charge in [0.25, 0.3) is 0 Å². The number of aromatic nitrogens is 3. The van der Waals surface area contributed by atoms with Gasteiger partial charge in [0.05, 0.1) is 30.8 Å². The summed E-state index contributed by atoms with van der Waals surface area (Å²) in [4.78, 5) is 24.7. The molecule has 5 saturated heterocycles. The number of pyridine rings is 1. The monoisotopic (exact) mass is 1100 g/mol. The Hall–Kier alpha value is -3.64. The van der Waals surface area contributed by atoms with E-state index in [1.54, 1.807) is 32.9 Å². The normalized spacial score (nSPS) is 18.2. The van der Waals surface area contributed by atoms with Crippen molar-refractivity contribution in [1.82, 2.24) is 48.8 Å². The zero-order valence-corrected chi connectivity index (χ0v) is 51.5. The molecule has 0 radical (unpaired) electrons. The van der Waals surface area contributed by atoms with Gasteiger partial charge in [0.15, 0.2) is 0 Å². The molecule has 5 fully saturated rings. The lowest BCUT2D eigenvalue weighted by molar-refractivity contribution is -0.137. The number of likely N-dealkylation sites (N-methyl/N-ethyl adjacent to an activating group) is 4. The number of likely N-dealkylation sites (tertiary alicyclic amines) is 3. The molecule has 0 bridgehead atoms. The number of hydrogen-bond acceptors (Lipinski definition) is 11. The van der Waals surface area contributed by atoms with Gasteiger partial charge in [-0.15, -0.1) is 0 Å². The number of ether oxygens (including phenoxy) is 2. The van der Waals surface area contributed by atoms with Crippen LogP contribution in [0, 0.1) is 33.6 Å². The number of piperazine rings is 2. The van der Waals surface area contributed by atoms with E-state index in [1.165, 1.54) is 174 Å². The van der Waals surface area contributed by atoms with Crippen molar-refractivity contribution in [2.24, 2.45) is 13.0 Å². The topological polar surface area (TPSA) is 71.8 Å². The summed E-state index contributed by atoms with van der Waals surface area (Å²) >= 11 is 5.56. The Balaban J connectivity index is 0.000000435. The molecular weight excluding hydrogens is 997 g/mol. The quantitative estimate of drug-likeness (QED) is 0.196. The molecule has 2 aromatic heterocycles. The highest BCUT2D eigenvalue weighted by Crippen LogP contribution is 2.31. The maximum absolute atomic E-state index is 12.1. The third kappa shape index (κ3) is 37.0. The van der Waals surface area contributed by atoms with Crippen LogP contribution < -0.4 is 4.74 Å². The molecule has 4 aromatic rings. The van der Waals surface area contributed by atoms with E-state index in [2.05, 4.69) is 107 Å². The minimum Gasteiger partial charge on any atom is -0.497 e. The molecule has 5 aliphatic rings. The van der Waals surface area contributed by atoms with Gasteiger partial charge in [-0.1, -0.05) is 56.5 Å². The summed E-state index contributed by atoms with van der Waals surface area (Å²) in [6, 6.07) is 15.2. The van der Waals surface area contributed by atoms with Gasteiger partial charge in [-0.3, -0.25) is 4.98 Å². The predicted octanol–water partition coefficient (Wildman–Crippen LogP) is 11.5. The SMILES string of the molecule is CC1CCN(C)CC1.CCN1CCN(CC)CC1.CN1CCCCC1.CN1CCN(C)CC1.COC1CCN(C)CC1.COc1ccc(C)cc1.Cc1cc(C(F)(F)F)ccc1Cl.Cc1ccncc1.Cc1cn(C)cn1. The van der Waals surface area contributed by atoms with E-state index >= 15 is 0 Å². The van der Waals surface area contributed by atoms with Crippen molar-refractivity contribution >= 4 is 11.6 Å². The third-order valence-electron chi connectivity index (χ3n) is 14.1. The summed E-state index contributed by atoms with van der Waals surface area (Å²) in [6.45, 7) is 34.5.